The first kappa shape index (κ1) is 12.9. The highest BCUT2D eigenvalue weighted by Crippen LogP contribution is 2.24. The van der Waals surface area contributed by atoms with E-state index in [4.69, 9.17) is 32.7 Å². The monoisotopic (exact) mass is 275 g/mol. The van der Waals surface area contributed by atoms with Crippen molar-refractivity contribution in [1.82, 2.24) is 4.98 Å². The maximum Gasteiger partial charge on any atom is 0.232 e. The van der Waals surface area contributed by atoms with E-state index in [1.54, 1.807) is 12.3 Å². The molecule has 0 spiro atoms. The van der Waals surface area contributed by atoms with Crippen molar-refractivity contribution >= 4 is 23.2 Å². The molecule has 1 aromatic heterocycles. The molecule has 1 unspecified atom stereocenters. The SMILES string of the molecule is ClCc1cnc(OCC2CCCCO2)c(Cl)c1. The molecule has 1 atom stereocenters. The summed E-state index contributed by atoms with van der Waals surface area (Å²) < 4.78 is 11.1. The second-order valence-electron chi connectivity index (χ2n) is 4.06. The smallest absolute Gasteiger partial charge is 0.232 e. The van der Waals surface area contributed by atoms with Gasteiger partial charge in [0, 0.05) is 18.7 Å². The lowest BCUT2D eigenvalue weighted by atomic mass is 10.1. The van der Waals surface area contributed by atoms with Crippen molar-refractivity contribution < 1.29 is 9.47 Å². The fraction of sp³-hybridized carbons (Fsp3) is 0.583. The van der Waals surface area contributed by atoms with E-state index < -0.39 is 0 Å². The van der Waals surface area contributed by atoms with Crippen molar-refractivity contribution in [3.8, 4) is 5.88 Å². The van der Waals surface area contributed by atoms with E-state index in [2.05, 4.69) is 4.98 Å². The molecule has 0 aliphatic carbocycles. The minimum atomic E-state index is 0.161. The Balaban J connectivity index is 1.89. The first-order chi connectivity index (χ1) is 8.29. The molecule has 1 fully saturated rings. The van der Waals surface area contributed by atoms with Gasteiger partial charge in [0.15, 0.2) is 0 Å². The van der Waals surface area contributed by atoms with Crippen LogP contribution in [0.1, 0.15) is 24.8 Å². The lowest BCUT2D eigenvalue weighted by Crippen LogP contribution is -2.26. The maximum absolute atomic E-state index is 6.04. The molecule has 94 valence electrons. The summed E-state index contributed by atoms with van der Waals surface area (Å²) >= 11 is 11.7. The number of hydrogen-bond donors (Lipinski definition) is 0. The molecular weight excluding hydrogens is 261 g/mol. The maximum atomic E-state index is 6.04. The molecular formula is C12H15Cl2NO2. The van der Waals surface area contributed by atoms with E-state index in [9.17, 15) is 0 Å². The Kier molecular flexibility index (Phi) is 4.89. The van der Waals surface area contributed by atoms with Gasteiger partial charge in [-0.05, 0) is 30.9 Å². The molecule has 2 heterocycles. The number of nitrogens with zero attached hydrogens (tertiary/aromatic N) is 1. The molecule has 1 aliphatic heterocycles. The van der Waals surface area contributed by atoms with Gasteiger partial charge in [-0.1, -0.05) is 11.6 Å². The van der Waals surface area contributed by atoms with Crippen LogP contribution in [0.3, 0.4) is 0 Å². The molecule has 17 heavy (non-hydrogen) atoms. The lowest BCUT2D eigenvalue weighted by molar-refractivity contribution is -0.0119. The zero-order chi connectivity index (χ0) is 12.1. The summed E-state index contributed by atoms with van der Waals surface area (Å²) in [7, 11) is 0. The number of ether oxygens (including phenoxy) is 2. The van der Waals surface area contributed by atoms with Crippen molar-refractivity contribution in [3.05, 3.63) is 22.8 Å². The number of halogens is 2. The second-order valence-corrected chi connectivity index (χ2v) is 4.74. The molecule has 2 rings (SSSR count). The van der Waals surface area contributed by atoms with Crippen LogP contribution in [0, 0.1) is 0 Å². The van der Waals surface area contributed by atoms with Crippen molar-refractivity contribution in [3.63, 3.8) is 0 Å². The van der Waals surface area contributed by atoms with Crippen LogP contribution in [0.25, 0.3) is 0 Å². The van der Waals surface area contributed by atoms with Crippen LogP contribution in [0.5, 0.6) is 5.88 Å². The molecule has 0 bridgehead atoms. The van der Waals surface area contributed by atoms with E-state index in [0.717, 1.165) is 25.0 Å². The molecule has 5 heteroatoms. The van der Waals surface area contributed by atoms with Crippen LogP contribution >= 0.6 is 23.2 Å². The third-order valence-corrected chi connectivity index (χ3v) is 3.28. The number of alkyl halides is 1. The van der Waals surface area contributed by atoms with Gasteiger partial charge in [-0.25, -0.2) is 4.98 Å². The predicted molar refractivity (Wildman–Crippen MR) is 67.9 cm³/mol. The Hall–Kier alpha value is -0.510. The summed E-state index contributed by atoms with van der Waals surface area (Å²) in [6.07, 6.45) is 5.21. The van der Waals surface area contributed by atoms with Gasteiger partial charge >= 0.3 is 0 Å². The summed E-state index contributed by atoms with van der Waals surface area (Å²) in [4.78, 5) is 4.14. The highest BCUT2D eigenvalue weighted by molar-refractivity contribution is 6.32. The second kappa shape index (κ2) is 6.43. The minimum Gasteiger partial charge on any atom is -0.474 e. The van der Waals surface area contributed by atoms with Crippen LogP contribution in [0.4, 0.5) is 0 Å². The third-order valence-electron chi connectivity index (χ3n) is 2.70. The number of hydrogen-bond acceptors (Lipinski definition) is 3. The molecule has 0 amide bonds. The van der Waals surface area contributed by atoms with Crippen LogP contribution in [0.15, 0.2) is 12.3 Å². The van der Waals surface area contributed by atoms with E-state index in [-0.39, 0.29) is 6.10 Å². The topological polar surface area (TPSA) is 31.4 Å². The first-order valence-electron chi connectivity index (χ1n) is 5.74. The molecule has 0 aromatic carbocycles. The molecule has 0 saturated carbocycles. The van der Waals surface area contributed by atoms with Crippen LogP contribution in [0.2, 0.25) is 5.02 Å². The average Bonchev–Trinajstić information content (AvgIpc) is 2.38. The standard InChI is InChI=1S/C12H15Cl2NO2/c13-6-9-5-11(14)12(15-7-9)17-8-10-3-1-2-4-16-10/h5,7,10H,1-4,6,8H2. The van der Waals surface area contributed by atoms with Crippen LogP contribution in [-0.4, -0.2) is 24.3 Å². The zero-order valence-electron chi connectivity index (χ0n) is 9.49. The first-order valence-corrected chi connectivity index (χ1v) is 6.65. The Bertz CT molecular complexity index is 368. The van der Waals surface area contributed by atoms with E-state index in [1.165, 1.54) is 6.42 Å². The van der Waals surface area contributed by atoms with E-state index >= 15 is 0 Å². The minimum absolute atomic E-state index is 0.161. The lowest BCUT2D eigenvalue weighted by Gasteiger charge is -2.22. The van der Waals surface area contributed by atoms with Gasteiger partial charge < -0.3 is 9.47 Å². The predicted octanol–water partition coefficient (Wildman–Crippen LogP) is 3.42. The van der Waals surface area contributed by atoms with Gasteiger partial charge in [0.1, 0.15) is 11.6 Å². The molecule has 1 aliphatic rings. The summed E-state index contributed by atoms with van der Waals surface area (Å²) in [6.45, 7) is 1.33. The van der Waals surface area contributed by atoms with E-state index in [0.29, 0.717) is 23.4 Å². The van der Waals surface area contributed by atoms with Crippen LogP contribution < -0.4 is 4.74 Å². The summed E-state index contributed by atoms with van der Waals surface area (Å²) in [6, 6.07) is 1.78. The molecule has 3 nitrogen and oxygen atoms in total. The highest BCUT2D eigenvalue weighted by Gasteiger charge is 2.15. The molecule has 1 aromatic rings. The third kappa shape index (κ3) is 3.73. The number of rotatable bonds is 4. The summed E-state index contributed by atoms with van der Waals surface area (Å²) in [5.74, 6) is 0.855. The Morgan fingerprint density at radius 1 is 1.47 bits per heavy atom. The quantitative estimate of drug-likeness (QED) is 0.789. The Morgan fingerprint density at radius 2 is 2.35 bits per heavy atom. The van der Waals surface area contributed by atoms with Crippen molar-refractivity contribution in [2.24, 2.45) is 0 Å². The normalized spacial score (nSPS) is 20.2. The highest BCUT2D eigenvalue weighted by atomic mass is 35.5. The molecule has 0 radical (unpaired) electrons. The van der Waals surface area contributed by atoms with Gasteiger partial charge in [-0.3, -0.25) is 0 Å². The molecule has 1 saturated heterocycles. The fourth-order valence-corrected chi connectivity index (χ4v) is 2.14. The van der Waals surface area contributed by atoms with Crippen molar-refractivity contribution in [2.75, 3.05) is 13.2 Å². The average molecular weight is 276 g/mol. The van der Waals surface area contributed by atoms with Gasteiger partial charge in [0.2, 0.25) is 5.88 Å². The number of pyridine rings is 1. The molecule has 0 N–H and O–H groups in total. The van der Waals surface area contributed by atoms with E-state index in [1.807, 2.05) is 0 Å². The van der Waals surface area contributed by atoms with Gasteiger partial charge in [-0.2, -0.15) is 0 Å². The summed E-state index contributed by atoms with van der Waals surface area (Å²) in [5, 5.41) is 0.499. The summed E-state index contributed by atoms with van der Waals surface area (Å²) in [5.41, 5.74) is 0.887. The van der Waals surface area contributed by atoms with Crippen LogP contribution in [-0.2, 0) is 10.6 Å². The van der Waals surface area contributed by atoms with Gasteiger partial charge in [0.25, 0.3) is 0 Å². The Morgan fingerprint density at radius 3 is 3.00 bits per heavy atom. The largest absolute Gasteiger partial charge is 0.474 e. The fourth-order valence-electron chi connectivity index (χ4n) is 1.76. The van der Waals surface area contributed by atoms with Gasteiger partial charge in [-0.15, -0.1) is 11.6 Å². The van der Waals surface area contributed by atoms with Crippen molar-refractivity contribution in [1.29, 1.82) is 0 Å². The van der Waals surface area contributed by atoms with Crippen molar-refractivity contribution in [2.45, 2.75) is 31.2 Å². The van der Waals surface area contributed by atoms with Gasteiger partial charge in [0.05, 0.1) is 6.10 Å². The number of aromatic nitrogens is 1. The Labute approximate surface area is 111 Å². The zero-order valence-corrected chi connectivity index (χ0v) is 11.0.